The maximum Gasteiger partial charge on any atom is -0.0184 e. The van der Waals surface area contributed by atoms with Gasteiger partial charge in [-0.25, -0.2) is 0 Å². The number of hydrogen-bond donors (Lipinski definition) is 0. The molecule has 0 spiro atoms. The van der Waals surface area contributed by atoms with Crippen LogP contribution in [0.3, 0.4) is 0 Å². The lowest BCUT2D eigenvalue weighted by molar-refractivity contribution is 1.52. The summed E-state index contributed by atoms with van der Waals surface area (Å²) in [6, 6.07) is 25.0. The summed E-state index contributed by atoms with van der Waals surface area (Å²) in [7, 11) is 0. The second-order valence-corrected chi connectivity index (χ2v) is 6.79. The van der Waals surface area contributed by atoms with Gasteiger partial charge in [-0.3, -0.25) is 0 Å². The van der Waals surface area contributed by atoms with Gasteiger partial charge in [0.1, 0.15) is 0 Å². The fourth-order valence-electron chi connectivity index (χ4n) is 2.67. The molecule has 0 unspecified atom stereocenters. The molecule has 0 N–H and O–H groups in total. The summed E-state index contributed by atoms with van der Waals surface area (Å²) in [4.78, 5) is 0. The van der Waals surface area contributed by atoms with Gasteiger partial charge < -0.3 is 0 Å². The fraction of sp³-hybridized carbons (Fsp3) is 0.0714. The van der Waals surface area contributed by atoms with Gasteiger partial charge in [-0.15, -0.1) is 0 Å². The first-order valence-electron chi connectivity index (χ1n) is 9.32. The molecule has 0 atom stereocenters. The van der Waals surface area contributed by atoms with Crippen LogP contribution in [0.5, 0.6) is 0 Å². The molecule has 0 aliphatic rings. The molecule has 0 aliphatic heterocycles. The highest BCUT2D eigenvalue weighted by molar-refractivity contribution is 5.69. The smallest absolute Gasteiger partial charge is 0.0184 e. The third kappa shape index (κ3) is 5.82. The molecule has 3 aromatic carbocycles. The Kier molecular flexibility index (Phi) is 7.54. The monoisotopic (exact) mass is 364 g/mol. The Morgan fingerprint density at radius 3 is 1.25 bits per heavy atom. The molecule has 0 aromatic heterocycles. The van der Waals surface area contributed by atoms with E-state index in [0.29, 0.717) is 0 Å². The normalized spacial score (nSPS) is 9.64. The van der Waals surface area contributed by atoms with E-state index in [2.05, 4.69) is 93.0 Å². The fourth-order valence-corrected chi connectivity index (χ4v) is 2.67. The second-order valence-electron chi connectivity index (χ2n) is 6.79. The Hall–Kier alpha value is -3.38. The minimum Gasteiger partial charge on any atom is -0.0985 e. The Balaban J connectivity index is 0.000000209. The van der Waals surface area contributed by atoms with Crippen molar-refractivity contribution in [3.8, 4) is 11.1 Å². The number of rotatable bonds is 5. The molecule has 3 aromatic rings. The average Bonchev–Trinajstić information content (AvgIpc) is 2.74. The Morgan fingerprint density at radius 2 is 0.964 bits per heavy atom. The molecule has 0 nitrogen and oxygen atoms in total. The number of allylic oxidation sites excluding steroid dienone is 2. The maximum absolute atomic E-state index is 3.90. The van der Waals surface area contributed by atoms with Crippen LogP contribution >= 0.6 is 0 Å². The quantitative estimate of drug-likeness (QED) is 0.426. The molecule has 3 rings (SSSR count). The van der Waals surface area contributed by atoms with Gasteiger partial charge in [0.15, 0.2) is 0 Å². The zero-order valence-electron chi connectivity index (χ0n) is 16.9. The molecule has 0 amide bonds. The van der Waals surface area contributed by atoms with Gasteiger partial charge >= 0.3 is 0 Å². The van der Waals surface area contributed by atoms with E-state index in [1.165, 1.54) is 22.3 Å². The zero-order valence-corrected chi connectivity index (χ0v) is 16.9. The zero-order chi connectivity index (χ0) is 20.5. The van der Waals surface area contributed by atoms with Gasteiger partial charge in [-0.05, 0) is 53.3 Å². The largest absolute Gasteiger partial charge is 0.0985 e. The van der Waals surface area contributed by atoms with Gasteiger partial charge in [0.25, 0.3) is 0 Å². The predicted octanol–water partition coefficient (Wildman–Crippen LogP) is 8.39. The Bertz CT molecular complexity index is 889. The molecule has 0 radical (unpaired) electrons. The lowest BCUT2D eigenvalue weighted by Crippen LogP contribution is -1.81. The van der Waals surface area contributed by atoms with Gasteiger partial charge in [-0.2, -0.15) is 0 Å². The van der Waals surface area contributed by atoms with E-state index in [1.54, 1.807) is 0 Å². The molecule has 0 heteroatoms. The first kappa shape index (κ1) is 20.9. The minimum atomic E-state index is 1.10. The Labute approximate surface area is 169 Å². The standard InChI is InChI=1S/C16H14.C12H14/c1-3-13-5-9-15(10-6-13)16-11-7-14(4-2)8-12-16;1-9(2)11-6-5-7-12(8-11)10(3)4/h3-12H,1-2H2;5-8H,1,3H2,2,4H3. The SMILES string of the molecule is C=C(C)c1cccc(C(=C)C)c1.C=Cc1ccc(-c2ccc(C=C)cc2)cc1. The average molecular weight is 365 g/mol. The lowest BCUT2D eigenvalue weighted by Gasteiger charge is -2.03. The number of benzene rings is 3. The van der Waals surface area contributed by atoms with E-state index >= 15 is 0 Å². The molecule has 0 saturated carbocycles. The second kappa shape index (κ2) is 10.1. The highest BCUT2D eigenvalue weighted by Gasteiger charge is 1.97. The van der Waals surface area contributed by atoms with Crippen molar-refractivity contribution in [3.63, 3.8) is 0 Å². The van der Waals surface area contributed by atoms with Crippen molar-refractivity contribution >= 4 is 23.3 Å². The Morgan fingerprint density at radius 1 is 0.607 bits per heavy atom. The summed E-state index contributed by atoms with van der Waals surface area (Å²) < 4.78 is 0. The van der Waals surface area contributed by atoms with Gasteiger partial charge in [0.2, 0.25) is 0 Å². The first-order valence-corrected chi connectivity index (χ1v) is 9.32. The molecule has 0 fully saturated rings. The van der Waals surface area contributed by atoms with Crippen LogP contribution in [0.4, 0.5) is 0 Å². The summed E-state index contributed by atoms with van der Waals surface area (Å²) >= 11 is 0. The summed E-state index contributed by atoms with van der Waals surface area (Å²) in [5, 5.41) is 0. The summed E-state index contributed by atoms with van der Waals surface area (Å²) in [6.45, 7) is 19.3. The van der Waals surface area contributed by atoms with Gasteiger partial charge in [0, 0.05) is 0 Å². The van der Waals surface area contributed by atoms with Crippen LogP contribution in [0.15, 0.2) is 99.1 Å². The highest BCUT2D eigenvalue weighted by atomic mass is 14.0. The van der Waals surface area contributed by atoms with Crippen LogP contribution in [0.2, 0.25) is 0 Å². The molecule has 0 heterocycles. The van der Waals surface area contributed by atoms with E-state index < -0.39 is 0 Å². The van der Waals surface area contributed by atoms with Crippen LogP contribution in [0.25, 0.3) is 34.4 Å². The van der Waals surface area contributed by atoms with E-state index in [-0.39, 0.29) is 0 Å². The number of hydrogen-bond acceptors (Lipinski definition) is 0. The topological polar surface area (TPSA) is 0 Å². The molecular formula is C28H28. The van der Waals surface area contributed by atoms with E-state index in [9.17, 15) is 0 Å². The van der Waals surface area contributed by atoms with Crippen molar-refractivity contribution in [2.75, 3.05) is 0 Å². The van der Waals surface area contributed by atoms with Crippen molar-refractivity contribution in [2.45, 2.75) is 13.8 Å². The third-order valence-electron chi connectivity index (χ3n) is 4.47. The molecule has 0 saturated heterocycles. The van der Waals surface area contributed by atoms with Crippen molar-refractivity contribution in [1.82, 2.24) is 0 Å². The van der Waals surface area contributed by atoms with Crippen molar-refractivity contribution in [1.29, 1.82) is 0 Å². The van der Waals surface area contributed by atoms with E-state index in [1.807, 2.05) is 32.1 Å². The van der Waals surface area contributed by atoms with Crippen LogP contribution in [-0.2, 0) is 0 Å². The molecular weight excluding hydrogens is 336 g/mol. The van der Waals surface area contributed by atoms with E-state index in [4.69, 9.17) is 0 Å². The van der Waals surface area contributed by atoms with Crippen LogP contribution in [-0.4, -0.2) is 0 Å². The van der Waals surface area contributed by atoms with Crippen molar-refractivity contribution in [3.05, 3.63) is 121 Å². The third-order valence-corrected chi connectivity index (χ3v) is 4.47. The first-order chi connectivity index (χ1) is 13.4. The minimum absolute atomic E-state index is 1.10. The van der Waals surface area contributed by atoms with Crippen LogP contribution in [0.1, 0.15) is 36.1 Å². The maximum atomic E-state index is 3.90. The van der Waals surface area contributed by atoms with Crippen molar-refractivity contribution < 1.29 is 0 Å². The van der Waals surface area contributed by atoms with Crippen LogP contribution < -0.4 is 0 Å². The highest BCUT2D eigenvalue weighted by Crippen LogP contribution is 2.21. The van der Waals surface area contributed by atoms with Crippen molar-refractivity contribution in [2.24, 2.45) is 0 Å². The van der Waals surface area contributed by atoms with Gasteiger partial charge in [-0.1, -0.05) is 116 Å². The molecule has 140 valence electrons. The molecule has 0 bridgehead atoms. The molecule has 28 heavy (non-hydrogen) atoms. The predicted molar refractivity (Wildman–Crippen MR) is 128 cm³/mol. The summed E-state index contributed by atoms with van der Waals surface area (Å²) in [5.74, 6) is 0. The van der Waals surface area contributed by atoms with Crippen LogP contribution in [0, 0.1) is 0 Å². The summed E-state index contributed by atoms with van der Waals surface area (Å²) in [6.07, 6.45) is 3.70. The lowest BCUT2D eigenvalue weighted by atomic mass is 10.0. The van der Waals surface area contributed by atoms with E-state index in [0.717, 1.165) is 22.3 Å². The van der Waals surface area contributed by atoms with Gasteiger partial charge in [0.05, 0.1) is 0 Å². The molecule has 0 aliphatic carbocycles. The summed E-state index contributed by atoms with van der Waals surface area (Å²) in [5.41, 5.74) is 9.31.